The third kappa shape index (κ3) is 4.99. The van der Waals surface area contributed by atoms with Gasteiger partial charge in [0.15, 0.2) is 0 Å². The quantitative estimate of drug-likeness (QED) is 0.807. The standard InChI is InChI=1S/C21H35N5O/c1-17-14-22-9-8-20(17)25-10-5-11-26(13-12-25)21(27)18-6-7-19(23(2)3)16-24(4)15-18/h8-9,14,18-19H,5-7,10-13,15-16H2,1-4H3/t18-,19+/m1/s1. The van der Waals surface area contributed by atoms with Gasteiger partial charge in [0, 0.05) is 63.4 Å². The molecule has 150 valence electrons. The number of hydrogen-bond donors (Lipinski definition) is 0. The van der Waals surface area contributed by atoms with Crippen molar-refractivity contribution in [3.05, 3.63) is 24.0 Å². The van der Waals surface area contributed by atoms with Crippen molar-refractivity contribution in [1.29, 1.82) is 0 Å². The van der Waals surface area contributed by atoms with E-state index in [0.29, 0.717) is 11.9 Å². The van der Waals surface area contributed by atoms with Crippen LogP contribution >= 0.6 is 0 Å². The summed E-state index contributed by atoms with van der Waals surface area (Å²) in [6.45, 7) is 7.63. The lowest BCUT2D eigenvalue weighted by atomic mass is 10.00. The van der Waals surface area contributed by atoms with Crippen LogP contribution in [0.2, 0.25) is 0 Å². The van der Waals surface area contributed by atoms with Crippen LogP contribution in [0.5, 0.6) is 0 Å². The maximum Gasteiger partial charge on any atom is 0.227 e. The molecule has 1 aromatic heterocycles. The summed E-state index contributed by atoms with van der Waals surface area (Å²) in [7, 11) is 6.44. The van der Waals surface area contributed by atoms with E-state index < -0.39 is 0 Å². The predicted molar refractivity (Wildman–Crippen MR) is 110 cm³/mol. The van der Waals surface area contributed by atoms with E-state index in [1.165, 1.54) is 11.3 Å². The molecule has 0 N–H and O–H groups in total. The largest absolute Gasteiger partial charge is 0.369 e. The Morgan fingerprint density at radius 3 is 2.70 bits per heavy atom. The molecule has 0 aliphatic carbocycles. The Kier molecular flexibility index (Phi) is 6.71. The van der Waals surface area contributed by atoms with Crippen LogP contribution in [0.4, 0.5) is 5.69 Å². The van der Waals surface area contributed by atoms with Gasteiger partial charge in [0.05, 0.1) is 5.92 Å². The van der Waals surface area contributed by atoms with Gasteiger partial charge in [-0.1, -0.05) is 0 Å². The highest BCUT2D eigenvalue weighted by atomic mass is 16.2. The van der Waals surface area contributed by atoms with Gasteiger partial charge < -0.3 is 19.6 Å². The third-order valence-corrected chi connectivity index (χ3v) is 6.12. The van der Waals surface area contributed by atoms with Gasteiger partial charge in [-0.25, -0.2) is 0 Å². The van der Waals surface area contributed by atoms with Crippen molar-refractivity contribution in [2.75, 3.05) is 65.3 Å². The molecule has 1 amide bonds. The Labute approximate surface area is 164 Å². The molecule has 2 saturated heterocycles. The number of likely N-dealkylation sites (tertiary alicyclic amines) is 1. The monoisotopic (exact) mass is 373 g/mol. The SMILES string of the molecule is Cc1cnccc1N1CCCN(C(=O)[C@@H]2CC[C@H](N(C)C)CN(C)C2)CC1. The van der Waals surface area contributed by atoms with Gasteiger partial charge in [0.25, 0.3) is 0 Å². The second-order valence-corrected chi connectivity index (χ2v) is 8.44. The molecule has 2 aliphatic heterocycles. The molecule has 2 aliphatic rings. The first-order valence-corrected chi connectivity index (χ1v) is 10.2. The Morgan fingerprint density at radius 1 is 1.15 bits per heavy atom. The fourth-order valence-corrected chi connectivity index (χ4v) is 4.47. The summed E-state index contributed by atoms with van der Waals surface area (Å²) in [5.41, 5.74) is 2.46. The van der Waals surface area contributed by atoms with E-state index >= 15 is 0 Å². The summed E-state index contributed by atoms with van der Waals surface area (Å²) in [5.74, 6) is 0.490. The van der Waals surface area contributed by atoms with Crippen molar-refractivity contribution in [1.82, 2.24) is 19.7 Å². The van der Waals surface area contributed by atoms with Crippen LogP contribution in [-0.4, -0.2) is 92.0 Å². The topological polar surface area (TPSA) is 42.9 Å². The van der Waals surface area contributed by atoms with E-state index in [-0.39, 0.29) is 5.92 Å². The Hall–Kier alpha value is -1.66. The molecule has 6 nitrogen and oxygen atoms in total. The van der Waals surface area contributed by atoms with Crippen molar-refractivity contribution < 1.29 is 4.79 Å². The van der Waals surface area contributed by atoms with Gasteiger partial charge in [-0.3, -0.25) is 9.78 Å². The van der Waals surface area contributed by atoms with Crippen molar-refractivity contribution in [2.45, 2.75) is 32.2 Å². The first kappa shape index (κ1) is 20.1. The number of anilines is 1. The number of rotatable bonds is 3. The number of aryl methyl sites for hydroxylation is 1. The molecule has 27 heavy (non-hydrogen) atoms. The minimum atomic E-state index is 0.133. The molecule has 2 fully saturated rings. The summed E-state index contributed by atoms with van der Waals surface area (Å²) in [6.07, 6.45) is 6.90. The van der Waals surface area contributed by atoms with Crippen LogP contribution in [0, 0.1) is 12.8 Å². The fraction of sp³-hybridized carbons (Fsp3) is 0.714. The van der Waals surface area contributed by atoms with E-state index in [9.17, 15) is 4.79 Å². The van der Waals surface area contributed by atoms with Crippen molar-refractivity contribution in [3.63, 3.8) is 0 Å². The number of hydrogen-bond acceptors (Lipinski definition) is 5. The second-order valence-electron chi connectivity index (χ2n) is 8.44. The molecule has 0 bridgehead atoms. The Balaban J connectivity index is 1.61. The van der Waals surface area contributed by atoms with E-state index in [1.54, 1.807) is 0 Å². The van der Waals surface area contributed by atoms with Gasteiger partial charge >= 0.3 is 0 Å². The lowest BCUT2D eigenvalue weighted by Crippen LogP contribution is -2.42. The Morgan fingerprint density at radius 2 is 1.96 bits per heavy atom. The molecular weight excluding hydrogens is 338 g/mol. The molecule has 3 rings (SSSR count). The van der Waals surface area contributed by atoms with Gasteiger partial charge in [-0.2, -0.15) is 0 Å². The first-order valence-electron chi connectivity index (χ1n) is 10.2. The molecule has 2 atom stereocenters. The molecule has 1 aromatic rings. The highest BCUT2D eigenvalue weighted by Gasteiger charge is 2.31. The zero-order chi connectivity index (χ0) is 19.4. The van der Waals surface area contributed by atoms with Crippen LogP contribution < -0.4 is 4.90 Å². The van der Waals surface area contributed by atoms with Crippen molar-refractivity contribution in [3.8, 4) is 0 Å². The summed E-state index contributed by atoms with van der Waals surface area (Å²) >= 11 is 0. The summed E-state index contributed by atoms with van der Waals surface area (Å²) < 4.78 is 0. The number of pyridine rings is 1. The molecule has 3 heterocycles. The van der Waals surface area contributed by atoms with E-state index in [4.69, 9.17) is 0 Å². The van der Waals surface area contributed by atoms with Gasteiger partial charge in [0.1, 0.15) is 0 Å². The van der Waals surface area contributed by atoms with Crippen molar-refractivity contribution >= 4 is 11.6 Å². The summed E-state index contributed by atoms with van der Waals surface area (Å²) in [5, 5.41) is 0. The fourth-order valence-electron chi connectivity index (χ4n) is 4.47. The van der Waals surface area contributed by atoms with Crippen LogP contribution in [0.1, 0.15) is 24.8 Å². The third-order valence-electron chi connectivity index (χ3n) is 6.12. The van der Waals surface area contributed by atoms with Crippen LogP contribution in [-0.2, 0) is 4.79 Å². The molecule has 0 unspecified atom stereocenters. The predicted octanol–water partition coefficient (Wildman–Crippen LogP) is 1.70. The van der Waals surface area contributed by atoms with Gasteiger partial charge in [0.2, 0.25) is 5.91 Å². The zero-order valence-corrected chi connectivity index (χ0v) is 17.4. The second kappa shape index (κ2) is 9.02. The minimum absolute atomic E-state index is 0.133. The number of carbonyl (C=O) groups is 1. The van der Waals surface area contributed by atoms with E-state index in [0.717, 1.165) is 58.5 Å². The van der Waals surface area contributed by atoms with Crippen LogP contribution in [0.25, 0.3) is 0 Å². The highest BCUT2D eigenvalue weighted by molar-refractivity contribution is 5.79. The van der Waals surface area contributed by atoms with E-state index in [2.05, 4.69) is 58.7 Å². The first-order chi connectivity index (χ1) is 13.0. The average molecular weight is 374 g/mol. The van der Waals surface area contributed by atoms with Gasteiger partial charge in [-0.15, -0.1) is 0 Å². The molecular formula is C21H35N5O. The van der Waals surface area contributed by atoms with Crippen LogP contribution in [0.3, 0.4) is 0 Å². The number of amides is 1. The molecule has 6 heteroatoms. The lowest BCUT2D eigenvalue weighted by Gasteiger charge is -2.28. The number of likely N-dealkylation sites (N-methyl/N-ethyl adjacent to an activating group) is 2. The zero-order valence-electron chi connectivity index (χ0n) is 17.4. The minimum Gasteiger partial charge on any atom is -0.369 e. The van der Waals surface area contributed by atoms with Gasteiger partial charge in [-0.05, 0) is 59.0 Å². The Bertz CT molecular complexity index is 635. The number of aromatic nitrogens is 1. The summed E-state index contributed by atoms with van der Waals surface area (Å²) in [6, 6.07) is 2.64. The number of nitrogens with zero attached hydrogens (tertiary/aromatic N) is 5. The summed E-state index contributed by atoms with van der Waals surface area (Å²) in [4.78, 5) is 26.6. The molecule has 0 spiro atoms. The lowest BCUT2D eigenvalue weighted by molar-refractivity contribution is -0.135. The molecule has 0 aromatic carbocycles. The maximum atomic E-state index is 13.2. The van der Waals surface area contributed by atoms with Crippen LogP contribution in [0.15, 0.2) is 18.5 Å². The highest BCUT2D eigenvalue weighted by Crippen LogP contribution is 2.23. The molecule has 0 radical (unpaired) electrons. The van der Waals surface area contributed by atoms with Crippen molar-refractivity contribution in [2.24, 2.45) is 5.92 Å². The number of carbonyl (C=O) groups excluding carboxylic acids is 1. The normalized spacial score (nSPS) is 25.4. The maximum absolute atomic E-state index is 13.2. The smallest absolute Gasteiger partial charge is 0.227 e. The molecule has 0 saturated carbocycles. The van der Waals surface area contributed by atoms with E-state index in [1.807, 2.05) is 12.4 Å². The average Bonchev–Trinajstić information content (AvgIpc) is 3.00.